The van der Waals surface area contributed by atoms with Gasteiger partial charge in [0.1, 0.15) is 11.6 Å². The van der Waals surface area contributed by atoms with E-state index in [0.29, 0.717) is 39.1 Å². The van der Waals surface area contributed by atoms with Gasteiger partial charge in [0.2, 0.25) is 17.7 Å². The molecule has 39 heavy (non-hydrogen) atoms. The Labute approximate surface area is 231 Å². The van der Waals surface area contributed by atoms with Gasteiger partial charge in [0.15, 0.2) is 0 Å². The predicted octanol–water partition coefficient (Wildman–Crippen LogP) is 2.92. The molecular weight excluding hydrogens is 494 g/mol. The van der Waals surface area contributed by atoms with E-state index in [4.69, 9.17) is 9.84 Å². The van der Waals surface area contributed by atoms with Crippen LogP contribution in [0.15, 0.2) is 54.6 Å². The van der Waals surface area contributed by atoms with Crippen molar-refractivity contribution in [2.75, 3.05) is 32.8 Å². The number of carbonyl (C=O) groups is 3. The maximum absolute atomic E-state index is 14.4. The van der Waals surface area contributed by atoms with Crippen molar-refractivity contribution in [1.29, 1.82) is 0 Å². The lowest BCUT2D eigenvalue weighted by molar-refractivity contribution is -0.153. The number of likely N-dealkylation sites (tertiary alicyclic amines) is 1. The smallest absolute Gasteiger partial charge is 0.249 e. The van der Waals surface area contributed by atoms with Crippen molar-refractivity contribution >= 4 is 17.7 Å². The van der Waals surface area contributed by atoms with Crippen LogP contribution in [0, 0.1) is 11.8 Å². The maximum atomic E-state index is 14.4. The van der Waals surface area contributed by atoms with Crippen molar-refractivity contribution in [3.63, 3.8) is 0 Å². The molecule has 8 heteroatoms. The van der Waals surface area contributed by atoms with Crippen LogP contribution in [0.5, 0.6) is 0 Å². The van der Waals surface area contributed by atoms with E-state index in [1.165, 1.54) is 0 Å². The molecule has 0 bridgehead atoms. The van der Waals surface area contributed by atoms with Crippen molar-refractivity contribution in [1.82, 2.24) is 14.7 Å². The number of amides is 3. The first-order valence-corrected chi connectivity index (χ1v) is 14.4. The molecule has 8 nitrogen and oxygen atoms in total. The third-order valence-corrected chi connectivity index (χ3v) is 8.74. The largest absolute Gasteiger partial charge is 0.396 e. The number of aliphatic hydroxyl groups is 1. The number of ether oxygens (including phenoxy) is 1. The Balaban J connectivity index is 1.52. The molecule has 4 heterocycles. The molecule has 210 valence electrons. The summed E-state index contributed by atoms with van der Waals surface area (Å²) in [6, 6.07) is 9.02. The summed E-state index contributed by atoms with van der Waals surface area (Å²) in [7, 11) is 0. The Bertz CT molecular complexity index is 1140. The molecule has 2 fully saturated rings. The minimum atomic E-state index is -1.21. The first-order chi connectivity index (χ1) is 18.9. The Kier molecular flexibility index (Phi) is 7.96. The molecule has 0 saturated carbocycles. The summed E-state index contributed by atoms with van der Waals surface area (Å²) >= 11 is 0. The zero-order valence-electron chi connectivity index (χ0n) is 23.1. The van der Waals surface area contributed by atoms with Crippen LogP contribution in [0.1, 0.15) is 51.5 Å². The van der Waals surface area contributed by atoms with E-state index in [0.717, 1.165) is 31.2 Å². The number of aliphatic hydroxyl groups excluding tert-OH is 1. The second kappa shape index (κ2) is 11.3. The van der Waals surface area contributed by atoms with Gasteiger partial charge in [-0.3, -0.25) is 14.4 Å². The fourth-order valence-corrected chi connectivity index (χ4v) is 7.02. The summed E-state index contributed by atoms with van der Waals surface area (Å²) in [6.07, 6.45) is 11.7. The van der Waals surface area contributed by atoms with Crippen molar-refractivity contribution in [2.24, 2.45) is 11.8 Å². The van der Waals surface area contributed by atoms with Gasteiger partial charge in [-0.2, -0.15) is 0 Å². The molecule has 1 spiro atoms. The van der Waals surface area contributed by atoms with Crippen LogP contribution in [0.3, 0.4) is 0 Å². The van der Waals surface area contributed by atoms with Crippen molar-refractivity contribution in [2.45, 2.75) is 69.7 Å². The molecule has 2 saturated heterocycles. The lowest BCUT2D eigenvalue weighted by Crippen LogP contribution is -2.55. The van der Waals surface area contributed by atoms with Crippen LogP contribution in [0.4, 0.5) is 0 Å². The van der Waals surface area contributed by atoms with Crippen molar-refractivity contribution in [3.05, 3.63) is 60.2 Å². The molecule has 5 rings (SSSR count). The van der Waals surface area contributed by atoms with Crippen LogP contribution in [-0.4, -0.2) is 87.6 Å². The summed E-state index contributed by atoms with van der Waals surface area (Å²) < 4.78 is 6.88. The summed E-state index contributed by atoms with van der Waals surface area (Å²) in [6.45, 7) is 6.44. The van der Waals surface area contributed by atoms with Crippen LogP contribution in [0.25, 0.3) is 0 Å². The molecule has 0 aliphatic carbocycles. The summed E-state index contributed by atoms with van der Waals surface area (Å²) in [4.78, 5) is 48.0. The van der Waals surface area contributed by atoms with E-state index in [-0.39, 0.29) is 24.3 Å². The molecule has 4 aliphatic heterocycles. The maximum Gasteiger partial charge on any atom is 0.249 e. The summed E-state index contributed by atoms with van der Waals surface area (Å²) in [5, 5.41) is 9.16. The lowest BCUT2D eigenvalue weighted by atomic mass is 9.74. The van der Waals surface area contributed by atoms with Crippen molar-refractivity contribution in [3.8, 4) is 0 Å². The number of hydrogen-bond donors (Lipinski definition) is 1. The van der Waals surface area contributed by atoms with Gasteiger partial charge >= 0.3 is 0 Å². The van der Waals surface area contributed by atoms with Gasteiger partial charge < -0.3 is 24.5 Å². The quantitative estimate of drug-likeness (QED) is 0.368. The number of hydrogen-bond acceptors (Lipinski definition) is 5. The molecule has 0 aromatic heterocycles. The SMILES string of the molecule is CCCN1CC=C[C@@]2(C)O[C@]34C=CCN(Cc5ccccc5)C(=O)C3N(CCCCCCO)C(=O)[C@@H]4[C@H]2C1=O. The van der Waals surface area contributed by atoms with E-state index in [1.807, 2.05) is 73.4 Å². The number of nitrogens with zero attached hydrogens (tertiary/aromatic N) is 3. The summed E-state index contributed by atoms with van der Waals surface area (Å²) in [5.41, 5.74) is -1.17. The first-order valence-electron chi connectivity index (χ1n) is 14.4. The van der Waals surface area contributed by atoms with Gasteiger partial charge in [-0.15, -0.1) is 0 Å². The fourth-order valence-electron chi connectivity index (χ4n) is 7.02. The highest BCUT2D eigenvalue weighted by Gasteiger charge is 2.74. The highest BCUT2D eigenvalue weighted by Crippen LogP contribution is 2.57. The highest BCUT2D eigenvalue weighted by atomic mass is 16.5. The van der Waals surface area contributed by atoms with E-state index in [2.05, 4.69) is 0 Å². The molecular formula is C31H41N3O5. The highest BCUT2D eigenvalue weighted by molar-refractivity contribution is 6.00. The zero-order chi connectivity index (χ0) is 27.6. The van der Waals surface area contributed by atoms with Gasteiger partial charge in [-0.1, -0.05) is 74.4 Å². The van der Waals surface area contributed by atoms with E-state index in [1.54, 1.807) is 9.80 Å². The second-order valence-corrected chi connectivity index (χ2v) is 11.5. The fraction of sp³-hybridized carbons (Fsp3) is 0.581. The number of rotatable bonds is 10. The lowest BCUT2D eigenvalue weighted by Gasteiger charge is -2.37. The molecule has 0 radical (unpaired) electrons. The number of carbonyl (C=O) groups excluding carboxylic acids is 3. The third kappa shape index (κ3) is 4.82. The van der Waals surface area contributed by atoms with Crippen molar-refractivity contribution < 1.29 is 24.2 Å². The van der Waals surface area contributed by atoms with Crippen LogP contribution in [-0.2, 0) is 25.7 Å². The van der Waals surface area contributed by atoms with Gasteiger partial charge in [-0.05, 0) is 31.7 Å². The minimum absolute atomic E-state index is 0.0747. The normalized spacial score (nSPS) is 31.8. The van der Waals surface area contributed by atoms with E-state index >= 15 is 0 Å². The average molecular weight is 536 g/mol. The van der Waals surface area contributed by atoms with Gasteiger partial charge in [-0.25, -0.2) is 0 Å². The number of unbranched alkanes of at least 4 members (excludes halogenated alkanes) is 3. The molecule has 1 aromatic rings. The number of fused-ring (bicyclic) bond motifs is 2. The monoisotopic (exact) mass is 535 g/mol. The van der Waals surface area contributed by atoms with Gasteiger partial charge in [0.05, 0.1) is 17.4 Å². The van der Waals surface area contributed by atoms with Gasteiger partial charge in [0, 0.05) is 39.3 Å². The predicted molar refractivity (Wildman–Crippen MR) is 147 cm³/mol. The molecule has 5 atom stereocenters. The standard InChI is InChI=1S/C31H41N3O5/c1-3-17-32-18-11-15-30(2)24(27(32)36)25-28(37)34(20-9-4-5-10-21-35)26-29(38)33(19-12-16-31(25,26)39-30)22-23-13-7-6-8-14-23/h6-8,11-16,24-26,35H,3-5,9-10,17-22H2,1-2H3/t24-,25-,26?,30+,31-/m0/s1. The van der Waals surface area contributed by atoms with E-state index < -0.39 is 29.1 Å². The Morgan fingerprint density at radius 3 is 2.33 bits per heavy atom. The second-order valence-electron chi connectivity index (χ2n) is 11.5. The van der Waals surface area contributed by atoms with Gasteiger partial charge in [0.25, 0.3) is 0 Å². The Morgan fingerprint density at radius 2 is 1.59 bits per heavy atom. The molecule has 1 N–H and O–H groups in total. The Morgan fingerprint density at radius 1 is 0.872 bits per heavy atom. The molecule has 4 aliphatic rings. The zero-order valence-corrected chi connectivity index (χ0v) is 23.1. The molecule has 1 unspecified atom stereocenters. The average Bonchev–Trinajstić information content (AvgIpc) is 3.20. The van der Waals surface area contributed by atoms with Crippen LogP contribution in [0.2, 0.25) is 0 Å². The summed E-state index contributed by atoms with van der Waals surface area (Å²) in [5.74, 6) is -1.85. The van der Waals surface area contributed by atoms with E-state index in [9.17, 15) is 14.4 Å². The molecule has 1 aromatic carbocycles. The number of benzene rings is 1. The minimum Gasteiger partial charge on any atom is -0.396 e. The van der Waals surface area contributed by atoms with Crippen LogP contribution >= 0.6 is 0 Å². The Hall–Kier alpha value is -2.97. The first kappa shape index (κ1) is 27.6. The topological polar surface area (TPSA) is 90.4 Å². The molecule has 3 amide bonds. The van der Waals surface area contributed by atoms with Crippen LogP contribution < -0.4 is 0 Å². The third-order valence-electron chi connectivity index (χ3n) is 8.74.